The lowest BCUT2D eigenvalue weighted by atomic mass is 10.2. The standard InChI is InChI=1S/C11H11BrN4O2S/c1-7-5-8(12)9(13)6-10(7)19(17,18)16-11-14-3-2-4-15-11/h2-6H,13H2,1H3,(H,14,15,16). The topological polar surface area (TPSA) is 98.0 Å². The van der Waals surface area contributed by atoms with Crippen molar-refractivity contribution >= 4 is 37.6 Å². The molecule has 6 nitrogen and oxygen atoms in total. The highest BCUT2D eigenvalue weighted by atomic mass is 79.9. The summed E-state index contributed by atoms with van der Waals surface area (Å²) in [6.45, 7) is 1.69. The molecule has 0 fully saturated rings. The summed E-state index contributed by atoms with van der Waals surface area (Å²) in [6, 6.07) is 4.64. The van der Waals surface area contributed by atoms with Crippen molar-refractivity contribution in [3.05, 3.63) is 40.6 Å². The van der Waals surface area contributed by atoms with E-state index >= 15 is 0 Å². The van der Waals surface area contributed by atoms with Crippen LogP contribution >= 0.6 is 15.9 Å². The molecular formula is C11H11BrN4O2S. The van der Waals surface area contributed by atoms with Crippen molar-refractivity contribution in [2.45, 2.75) is 11.8 Å². The summed E-state index contributed by atoms with van der Waals surface area (Å²) in [6.07, 6.45) is 2.90. The number of aromatic nitrogens is 2. The van der Waals surface area contributed by atoms with Gasteiger partial charge in [-0.3, -0.25) is 0 Å². The van der Waals surface area contributed by atoms with Gasteiger partial charge in [0.25, 0.3) is 10.0 Å². The molecule has 2 rings (SSSR count). The first kappa shape index (κ1) is 13.8. The Hall–Kier alpha value is -1.67. The predicted molar refractivity (Wildman–Crippen MR) is 76.1 cm³/mol. The van der Waals surface area contributed by atoms with Gasteiger partial charge < -0.3 is 5.73 Å². The molecule has 2 aromatic rings. The summed E-state index contributed by atoms with van der Waals surface area (Å²) < 4.78 is 27.4. The number of rotatable bonds is 3. The molecule has 0 saturated heterocycles. The quantitative estimate of drug-likeness (QED) is 0.830. The van der Waals surface area contributed by atoms with Gasteiger partial charge in [-0.1, -0.05) is 0 Å². The predicted octanol–water partition coefficient (Wildman–Crippen LogP) is 1.93. The third-order valence-electron chi connectivity index (χ3n) is 2.38. The van der Waals surface area contributed by atoms with Crippen molar-refractivity contribution in [2.24, 2.45) is 0 Å². The minimum Gasteiger partial charge on any atom is -0.398 e. The maximum absolute atomic E-state index is 12.2. The van der Waals surface area contributed by atoms with Gasteiger partial charge in [-0.2, -0.15) is 0 Å². The number of nitrogens with one attached hydrogen (secondary N) is 1. The third-order valence-corrected chi connectivity index (χ3v) is 4.53. The molecule has 0 aliphatic carbocycles. The van der Waals surface area contributed by atoms with E-state index in [1.807, 2.05) is 0 Å². The highest BCUT2D eigenvalue weighted by molar-refractivity contribution is 9.10. The zero-order valence-corrected chi connectivity index (χ0v) is 12.4. The number of halogens is 1. The second-order valence-corrected chi connectivity index (χ2v) is 6.32. The number of anilines is 2. The molecule has 0 amide bonds. The zero-order chi connectivity index (χ0) is 14.0. The molecule has 0 bridgehead atoms. The summed E-state index contributed by atoms with van der Waals surface area (Å²) in [5, 5.41) is 0. The lowest BCUT2D eigenvalue weighted by molar-refractivity contribution is 0.600. The number of hydrogen-bond acceptors (Lipinski definition) is 5. The molecule has 0 radical (unpaired) electrons. The van der Waals surface area contributed by atoms with Crippen LogP contribution in [0.4, 0.5) is 11.6 Å². The van der Waals surface area contributed by atoms with Gasteiger partial charge in [0.15, 0.2) is 0 Å². The number of nitrogen functional groups attached to an aromatic ring is 1. The molecular weight excluding hydrogens is 332 g/mol. The fourth-order valence-corrected chi connectivity index (χ4v) is 3.16. The normalized spacial score (nSPS) is 11.3. The van der Waals surface area contributed by atoms with Crippen LogP contribution in [0.3, 0.4) is 0 Å². The molecule has 0 atom stereocenters. The number of sulfonamides is 1. The van der Waals surface area contributed by atoms with E-state index in [0.717, 1.165) is 0 Å². The molecule has 0 aliphatic heterocycles. The Morgan fingerprint density at radius 3 is 2.53 bits per heavy atom. The van der Waals surface area contributed by atoms with E-state index < -0.39 is 10.0 Å². The Morgan fingerprint density at radius 2 is 1.89 bits per heavy atom. The van der Waals surface area contributed by atoms with Crippen LogP contribution in [-0.2, 0) is 10.0 Å². The summed E-state index contributed by atoms with van der Waals surface area (Å²) in [7, 11) is -3.76. The van der Waals surface area contributed by atoms with Crippen molar-refractivity contribution in [2.75, 3.05) is 10.5 Å². The number of aryl methyl sites for hydroxylation is 1. The van der Waals surface area contributed by atoms with Crippen LogP contribution in [0.1, 0.15) is 5.56 Å². The SMILES string of the molecule is Cc1cc(Br)c(N)cc1S(=O)(=O)Nc1ncccn1. The van der Waals surface area contributed by atoms with Gasteiger partial charge in [0.1, 0.15) is 0 Å². The van der Waals surface area contributed by atoms with Crippen LogP contribution in [-0.4, -0.2) is 18.4 Å². The number of benzene rings is 1. The highest BCUT2D eigenvalue weighted by Crippen LogP contribution is 2.27. The average molecular weight is 343 g/mol. The van der Waals surface area contributed by atoms with E-state index in [1.54, 1.807) is 19.1 Å². The Bertz CT molecular complexity index is 704. The molecule has 19 heavy (non-hydrogen) atoms. The van der Waals surface area contributed by atoms with Crippen molar-refractivity contribution < 1.29 is 8.42 Å². The van der Waals surface area contributed by atoms with E-state index in [0.29, 0.717) is 15.7 Å². The van der Waals surface area contributed by atoms with Crippen LogP contribution in [0.15, 0.2) is 40.0 Å². The van der Waals surface area contributed by atoms with Crippen molar-refractivity contribution in [3.8, 4) is 0 Å². The van der Waals surface area contributed by atoms with E-state index in [-0.39, 0.29) is 10.8 Å². The highest BCUT2D eigenvalue weighted by Gasteiger charge is 2.19. The maximum Gasteiger partial charge on any atom is 0.264 e. The number of hydrogen-bond donors (Lipinski definition) is 2. The molecule has 100 valence electrons. The molecule has 1 heterocycles. The zero-order valence-electron chi connectivity index (χ0n) is 9.96. The molecule has 0 aliphatic rings. The molecule has 1 aromatic heterocycles. The first-order valence-corrected chi connectivity index (χ1v) is 7.53. The first-order chi connectivity index (χ1) is 8.90. The van der Waals surface area contributed by atoms with Crippen LogP contribution in [0.2, 0.25) is 0 Å². The minimum atomic E-state index is -3.76. The second-order valence-electron chi connectivity index (χ2n) is 3.82. The molecule has 0 unspecified atom stereocenters. The van der Waals surface area contributed by atoms with Gasteiger partial charge in [0.05, 0.1) is 4.90 Å². The van der Waals surface area contributed by atoms with Gasteiger partial charge in [0, 0.05) is 22.6 Å². The van der Waals surface area contributed by atoms with E-state index in [2.05, 4.69) is 30.6 Å². The Kier molecular flexibility index (Phi) is 3.72. The van der Waals surface area contributed by atoms with Crippen LogP contribution < -0.4 is 10.5 Å². The lowest BCUT2D eigenvalue weighted by Crippen LogP contribution is -2.16. The maximum atomic E-state index is 12.2. The lowest BCUT2D eigenvalue weighted by Gasteiger charge is -2.10. The van der Waals surface area contributed by atoms with Gasteiger partial charge in [-0.25, -0.2) is 23.1 Å². The van der Waals surface area contributed by atoms with Crippen molar-refractivity contribution in [1.82, 2.24) is 9.97 Å². The van der Waals surface area contributed by atoms with Gasteiger partial charge in [0.2, 0.25) is 5.95 Å². The first-order valence-electron chi connectivity index (χ1n) is 5.25. The third kappa shape index (κ3) is 3.02. The number of nitrogens with zero attached hydrogens (tertiary/aromatic N) is 2. The van der Waals surface area contributed by atoms with Crippen LogP contribution in [0.5, 0.6) is 0 Å². The Balaban J connectivity index is 2.43. The number of nitrogens with two attached hydrogens (primary N) is 1. The van der Waals surface area contributed by atoms with Gasteiger partial charge >= 0.3 is 0 Å². The van der Waals surface area contributed by atoms with Crippen LogP contribution in [0.25, 0.3) is 0 Å². The molecule has 0 spiro atoms. The summed E-state index contributed by atoms with van der Waals surface area (Å²) in [4.78, 5) is 7.73. The average Bonchev–Trinajstić information content (AvgIpc) is 2.34. The van der Waals surface area contributed by atoms with Gasteiger partial charge in [-0.15, -0.1) is 0 Å². The van der Waals surface area contributed by atoms with E-state index in [1.165, 1.54) is 18.5 Å². The summed E-state index contributed by atoms with van der Waals surface area (Å²) in [5.74, 6) is 0.0170. The molecule has 0 saturated carbocycles. The van der Waals surface area contributed by atoms with Crippen LogP contribution in [0, 0.1) is 6.92 Å². The Morgan fingerprint density at radius 1 is 1.26 bits per heavy atom. The Labute approximate surface area is 119 Å². The fraction of sp³-hybridized carbons (Fsp3) is 0.0909. The monoisotopic (exact) mass is 342 g/mol. The molecule has 3 N–H and O–H groups in total. The fourth-order valence-electron chi connectivity index (χ4n) is 1.49. The second kappa shape index (κ2) is 5.14. The van der Waals surface area contributed by atoms with Gasteiger partial charge in [-0.05, 0) is 46.6 Å². The van der Waals surface area contributed by atoms with E-state index in [9.17, 15) is 8.42 Å². The molecule has 1 aromatic carbocycles. The smallest absolute Gasteiger partial charge is 0.264 e. The van der Waals surface area contributed by atoms with Crippen molar-refractivity contribution in [3.63, 3.8) is 0 Å². The van der Waals surface area contributed by atoms with E-state index in [4.69, 9.17) is 5.73 Å². The largest absolute Gasteiger partial charge is 0.398 e. The minimum absolute atomic E-state index is 0.0170. The summed E-state index contributed by atoms with van der Waals surface area (Å²) >= 11 is 3.25. The molecule has 8 heteroatoms. The van der Waals surface area contributed by atoms with Crippen molar-refractivity contribution in [1.29, 1.82) is 0 Å². The summed E-state index contributed by atoms with van der Waals surface area (Å²) in [5.41, 5.74) is 6.63.